The Balaban J connectivity index is 1.81. The van der Waals surface area contributed by atoms with Crippen molar-refractivity contribution in [3.8, 4) is 0 Å². The first-order valence-corrected chi connectivity index (χ1v) is 7.57. The summed E-state index contributed by atoms with van der Waals surface area (Å²) in [4.78, 5) is 18.8. The van der Waals surface area contributed by atoms with E-state index in [0.717, 1.165) is 18.5 Å². The molecule has 2 N–H and O–H groups in total. The summed E-state index contributed by atoms with van der Waals surface area (Å²) in [6.45, 7) is 3.81. The fraction of sp³-hybridized carbons (Fsp3) is 0.500. The van der Waals surface area contributed by atoms with E-state index >= 15 is 0 Å². The molecule has 3 rings (SSSR count). The number of rotatable bonds is 3. The van der Waals surface area contributed by atoms with Crippen LogP contribution in [0.5, 0.6) is 0 Å². The van der Waals surface area contributed by atoms with Crippen molar-refractivity contribution in [1.29, 1.82) is 0 Å². The number of hydrogen-bond donors (Lipinski definition) is 2. The average molecular weight is 303 g/mol. The number of nitrogens with zero attached hydrogens (tertiary/aromatic N) is 3. The lowest BCUT2D eigenvalue weighted by atomic mass is 9.95. The van der Waals surface area contributed by atoms with Gasteiger partial charge in [-0.3, -0.25) is 14.1 Å². The monoisotopic (exact) mass is 303 g/mol. The van der Waals surface area contributed by atoms with Crippen LogP contribution < -0.4 is 5.56 Å². The second-order valence-corrected chi connectivity index (χ2v) is 6.05. The lowest BCUT2D eigenvalue weighted by Gasteiger charge is -2.34. The number of fused-ring (bicyclic) bond motifs is 1. The van der Waals surface area contributed by atoms with Crippen molar-refractivity contribution >= 4 is 5.65 Å². The van der Waals surface area contributed by atoms with E-state index in [1.165, 1.54) is 4.40 Å². The summed E-state index contributed by atoms with van der Waals surface area (Å²) in [5, 5.41) is 19.2. The van der Waals surface area contributed by atoms with Gasteiger partial charge in [-0.05, 0) is 37.6 Å². The molecule has 1 fully saturated rings. The third-order valence-electron chi connectivity index (χ3n) is 4.30. The fourth-order valence-corrected chi connectivity index (χ4v) is 2.97. The lowest BCUT2D eigenvalue weighted by molar-refractivity contribution is -0.00478. The van der Waals surface area contributed by atoms with Gasteiger partial charge in [0, 0.05) is 37.9 Å². The van der Waals surface area contributed by atoms with Crippen molar-refractivity contribution in [3.63, 3.8) is 0 Å². The molecule has 22 heavy (non-hydrogen) atoms. The number of pyridine rings is 1. The van der Waals surface area contributed by atoms with Crippen molar-refractivity contribution in [2.75, 3.05) is 19.7 Å². The van der Waals surface area contributed by atoms with E-state index in [1.54, 1.807) is 12.3 Å². The molecule has 1 aliphatic heterocycles. The second-order valence-electron chi connectivity index (χ2n) is 6.05. The summed E-state index contributed by atoms with van der Waals surface area (Å²) in [6, 6.07) is 5.32. The molecule has 0 unspecified atom stereocenters. The van der Waals surface area contributed by atoms with Crippen LogP contribution in [0.1, 0.15) is 17.7 Å². The summed E-state index contributed by atoms with van der Waals surface area (Å²) in [5.41, 5.74) is 2.33. The first-order valence-electron chi connectivity index (χ1n) is 7.57. The standard InChI is InChI=1S/C16H21N3O3/c1-11-2-5-19-15(6-11)17-13(7-16(19)22)8-18-4-3-12(10-20)14(21)9-18/h2,5-7,12,14,20-21H,3-4,8-10H2,1H3/t12-,14+/m0/s1. The van der Waals surface area contributed by atoms with Crippen molar-refractivity contribution in [3.05, 3.63) is 46.0 Å². The van der Waals surface area contributed by atoms with Crippen LogP contribution in [-0.2, 0) is 6.54 Å². The molecule has 6 nitrogen and oxygen atoms in total. The van der Waals surface area contributed by atoms with Crippen LogP contribution in [0.15, 0.2) is 29.2 Å². The largest absolute Gasteiger partial charge is 0.396 e. The van der Waals surface area contributed by atoms with Gasteiger partial charge >= 0.3 is 0 Å². The fourth-order valence-electron chi connectivity index (χ4n) is 2.97. The highest BCUT2D eigenvalue weighted by Gasteiger charge is 2.27. The van der Waals surface area contributed by atoms with Crippen LogP contribution in [0.3, 0.4) is 0 Å². The minimum absolute atomic E-state index is 0.0177. The van der Waals surface area contributed by atoms with Gasteiger partial charge in [0.15, 0.2) is 0 Å². The van der Waals surface area contributed by atoms with Crippen molar-refractivity contribution in [2.24, 2.45) is 5.92 Å². The Hall–Kier alpha value is -1.76. The number of hydrogen-bond acceptors (Lipinski definition) is 5. The van der Waals surface area contributed by atoms with Gasteiger partial charge in [-0.1, -0.05) is 0 Å². The summed E-state index contributed by atoms with van der Waals surface area (Å²) in [6.07, 6.45) is 1.96. The Morgan fingerprint density at radius 3 is 2.95 bits per heavy atom. The molecule has 6 heteroatoms. The highest BCUT2D eigenvalue weighted by atomic mass is 16.3. The molecule has 3 heterocycles. The molecule has 0 saturated carbocycles. The van der Waals surface area contributed by atoms with Gasteiger partial charge in [0.2, 0.25) is 0 Å². The van der Waals surface area contributed by atoms with E-state index in [2.05, 4.69) is 9.88 Å². The van der Waals surface area contributed by atoms with Crippen LogP contribution in [-0.4, -0.2) is 50.3 Å². The van der Waals surface area contributed by atoms with Gasteiger partial charge < -0.3 is 10.2 Å². The first kappa shape index (κ1) is 15.1. The number of aromatic nitrogens is 2. The quantitative estimate of drug-likeness (QED) is 0.845. The average Bonchev–Trinajstić information content (AvgIpc) is 2.47. The predicted molar refractivity (Wildman–Crippen MR) is 82.7 cm³/mol. The molecule has 0 aliphatic carbocycles. The molecule has 118 valence electrons. The van der Waals surface area contributed by atoms with E-state index in [0.29, 0.717) is 24.4 Å². The van der Waals surface area contributed by atoms with Gasteiger partial charge in [-0.2, -0.15) is 0 Å². The van der Waals surface area contributed by atoms with Gasteiger partial charge in [0.1, 0.15) is 5.65 Å². The van der Waals surface area contributed by atoms with E-state index in [4.69, 9.17) is 0 Å². The zero-order chi connectivity index (χ0) is 15.7. The highest BCUT2D eigenvalue weighted by Crippen LogP contribution is 2.18. The molecular weight excluding hydrogens is 282 g/mol. The number of aliphatic hydroxyl groups excluding tert-OH is 2. The second kappa shape index (κ2) is 6.16. The maximum Gasteiger partial charge on any atom is 0.258 e. The molecular formula is C16H21N3O3. The summed E-state index contributed by atoms with van der Waals surface area (Å²) in [5.74, 6) is -0.0471. The van der Waals surface area contributed by atoms with Crippen LogP contribution in [0.2, 0.25) is 0 Å². The number of aryl methyl sites for hydroxylation is 1. The molecule has 2 aromatic heterocycles. The smallest absolute Gasteiger partial charge is 0.258 e. The Morgan fingerprint density at radius 2 is 2.23 bits per heavy atom. The minimum Gasteiger partial charge on any atom is -0.396 e. The van der Waals surface area contributed by atoms with Gasteiger partial charge in [0.05, 0.1) is 11.8 Å². The Labute approximate surface area is 128 Å². The molecule has 0 radical (unpaired) electrons. The summed E-state index contributed by atoms with van der Waals surface area (Å²) < 4.78 is 1.53. The number of aliphatic hydroxyl groups is 2. The molecule has 1 saturated heterocycles. The van der Waals surface area contributed by atoms with Crippen LogP contribution in [0.4, 0.5) is 0 Å². The van der Waals surface area contributed by atoms with Crippen LogP contribution >= 0.6 is 0 Å². The molecule has 0 aromatic carbocycles. The summed E-state index contributed by atoms with van der Waals surface area (Å²) >= 11 is 0. The zero-order valence-corrected chi connectivity index (χ0v) is 12.6. The van der Waals surface area contributed by atoms with Crippen molar-refractivity contribution in [1.82, 2.24) is 14.3 Å². The van der Waals surface area contributed by atoms with E-state index in [1.807, 2.05) is 19.1 Å². The van der Waals surface area contributed by atoms with E-state index in [-0.39, 0.29) is 18.1 Å². The molecule has 0 amide bonds. The third-order valence-corrected chi connectivity index (χ3v) is 4.30. The molecule has 0 bridgehead atoms. The first-order chi connectivity index (χ1) is 10.6. The third kappa shape index (κ3) is 3.04. The number of likely N-dealkylation sites (tertiary alicyclic amines) is 1. The molecule has 1 aliphatic rings. The topological polar surface area (TPSA) is 78.1 Å². The Morgan fingerprint density at radius 1 is 1.41 bits per heavy atom. The summed E-state index contributed by atoms with van der Waals surface area (Å²) in [7, 11) is 0. The number of β-amino-alcohol motifs (C(OH)–C–C–N with tert-alkyl or cyclic N) is 1. The molecule has 2 aromatic rings. The Kier molecular flexibility index (Phi) is 4.24. The molecule has 2 atom stereocenters. The Bertz CT molecular complexity index is 728. The van der Waals surface area contributed by atoms with Crippen molar-refractivity contribution < 1.29 is 10.2 Å². The maximum atomic E-state index is 12.1. The van der Waals surface area contributed by atoms with Gasteiger partial charge in [0.25, 0.3) is 5.56 Å². The SMILES string of the molecule is Cc1ccn2c(=O)cc(CN3CC[C@@H](CO)[C@H](O)C3)nc2c1. The van der Waals surface area contributed by atoms with Crippen LogP contribution in [0.25, 0.3) is 5.65 Å². The predicted octanol–water partition coefficient (Wildman–Crippen LogP) is 0.178. The number of piperidine rings is 1. The maximum absolute atomic E-state index is 12.1. The van der Waals surface area contributed by atoms with Gasteiger partial charge in [-0.25, -0.2) is 4.98 Å². The van der Waals surface area contributed by atoms with Crippen LogP contribution in [0, 0.1) is 12.8 Å². The normalized spacial score (nSPS) is 23.0. The lowest BCUT2D eigenvalue weighted by Crippen LogP contribution is -2.44. The minimum atomic E-state index is -0.525. The van der Waals surface area contributed by atoms with E-state index < -0.39 is 6.10 Å². The zero-order valence-electron chi connectivity index (χ0n) is 12.6. The van der Waals surface area contributed by atoms with Crippen molar-refractivity contribution in [2.45, 2.75) is 26.0 Å². The van der Waals surface area contributed by atoms with E-state index in [9.17, 15) is 15.0 Å². The van der Waals surface area contributed by atoms with Gasteiger partial charge in [-0.15, -0.1) is 0 Å². The highest BCUT2D eigenvalue weighted by molar-refractivity contribution is 5.41. The molecule has 0 spiro atoms.